The van der Waals surface area contributed by atoms with E-state index in [0.717, 1.165) is 24.3 Å². The minimum Gasteiger partial charge on any atom is -0.323 e. The van der Waals surface area contributed by atoms with Crippen LogP contribution in [0.2, 0.25) is 5.02 Å². The van der Waals surface area contributed by atoms with Gasteiger partial charge in [-0.3, -0.25) is 4.98 Å². The highest BCUT2D eigenvalue weighted by molar-refractivity contribution is 6.30. The summed E-state index contributed by atoms with van der Waals surface area (Å²) in [6.45, 7) is 3.01. The fourth-order valence-corrected chi connectivity index (χ4v) is 4.86. The van der Waals surface area contributed by atoms with E-state index < -0.39 is 0 Å². The summed E-state index contributed by atoms with van der Waals surface area (Å²) >= 11 is 6.23. The van der Waals surface area contributed by atoms with Gasteiger partial charge in [-0.2, -0.15) is 5.26 Å². The number of nitrogens with one attached hydrogen (secondary N) is 1. The molecule has 5 rings (SSSR count). The molecule has 0 bridgehead atoms. The number of para-hydroxylation sites is 1. The largest absolute Gasteiger partial charge is 0.323 e. The van der Waals surface area contributed by atoms with Crippen LogP contribution in [0.1, 0.15) is 38.3 Å². The van der Waals surface area contributed by atoms with Gasteiger partial charge in [0.1, 0.15) is 17.6 Å². The zero-order chi connectivity index (χ0) is 23.7. The Morgan fingerprint density at radius 1 is 1.15 bits per heavy atom. The number of aromatic nitrogens is 4. The highest BCUT2D eigenvalue weighted by atomic mass is 35.5. The Balaban J connectivity index is 1.69. The highest BCUT2D eigenvalue weighted by Crippen LogP contribution is 2.36. The third-order valence-electron chi connectivity index (χ3n) is 6.51. The van der Waals surface area contributed by atoms with Crippen molar-refractivity contribution in [1.29, 1.82) is 5.26 Å². The van der Waals surface area contributed by atoms with Crippen molar-refractivity contribution >= 4 is 34.3 Å². The first-order chi connectivity index (χ1) is 16.5. The molecule has 1 N–H and O–H groups in total. The average Bonchev–Trinajstić information content (AvgIpc) is 3.18. The van der Waals surface area contributed by atoms with E-state index in [0.29, 0.717) is 45.9 Å². The molecule has 0 aliphatic heterocycles. The van der Waals surface area contributed by atoms with Crippen molar-refractivity contribution < 1.29 is 4.39 Å². The number of hydrogen-bond acceptors (Lipinski definition) is 5. The number of benzene rings is 1. The topological polar surface area (TPSA) is 79.4 Å². The number of fused-ring (bicyclic) bond motifs is 1. The van der Waals surface area contributed by atoms with Crippen molar-refractivity contribution in [2.24, 2.45) is 11.8 Å². The molecule has 1 aromatic carbocycles. The molecule has 1 fully saturated rings. The number of nitrogens with zero attached hydrogens (tertiary/aromatic N) is 5. The van der Waals surface area contributed by atoms with E-state index in [4.69, 9.17) is 16.6 Å². The lowest BCUT2D eigenvalue weighted by Crippen LogP contribution is -2.19. The predicted molar refractivity (Wildman–Crippen MR) is 131 cm³/mol. The van der Waals surface area contributed by atoms with Crippen LogP contribution in [0.5, 0.6) is 0 Å². The van der Waals surface area contributed by atoms with Crippen molar-refractivity contribution in [3.05, 3.63) is 65.3 Å². The molecule has 172 valence electrons. The SMILES string of the molecule is CC1CCC(Cn2c(Nc3ccccc3F)nc3cc(C#N)nc(-c4cncc(Cl)c4)c32)CC1. The minimum absolute atomic E-state index is 0.246. The summed E-state index contributed by atoms with van der Waals surface area (Å²) in [6.07, 6.45) is 7.86. The molecule has 0 amide bonds. The number of hydrogen-bond donors (Lipinski definition) is 1. The Morgan fingerprint density at radius 2 is 1.94 bits per heavy atom. The van der Waals surface area contributed by atoms with E-state index in [9.17, 15) is 9.65 Å². The summed E-state index contributed by atoms with van der Waals surface area (Å²) < 4.78 is 16.6. The molecule has 3 aromatic heterocycles. The zero-order valence-corrected chi connectivity index (χ0v) is 19.6. The third kappa shape index (κ3) is 4.46. The van der Waals surface area contributed by atoms with Gasteiger partial charge in [-0.25, -0.2) is 14.4 Å². The number of halogens is 2. The van der Waals surface area contributed by atoms with Crippen LogP contribution in [-0.2, 0) is 6.54 Å². The molecule has 0 spiro atoms. The van der Waals surface area contributed by atoms with E-state index in [1.807, 2.05) is 0 Å². The summed E-state index contributed by atoms with van der Waals surface area (Å²) in [5.74, 6) is 1.37. The van der Waals surface area contributed by atoms with E-state index in [1.54, 1.807) is 42.7 Å². The quantitative estimate of drug-likeness (QED) is 0.347. The molecule has 3 heterocycles. The van der Waals surface area contributed by atoms with Crippen molar-refractivity contribution in [2.75, 3.05) is 5.32 Å². The predicted octanol–water partition coefficient (Wildman–Crippen LogP) is 6.73. The van der Waals surface area contributed by atoms with Crippen LogP contribution >= 0.6 is 11.6 Å². The van der Waals surface area contributed by atoms with Crippen LogP contribution in [0.15, 0.2) is 48.8 Å². The lowest BCUT2D eigenvalue weighted by molar-refractivity contribution is 0.267. The maximum absolute atomic E-state index is 14.5. The second-order valence-electron chi connectivity index (χ2n) is 9.00. The number of pyridine rings is 2. The summed E-state index contributed by atoms with van der Waals surface area (Å²) in [4.78, 5) is 13.6. The van der Waals surface area contributed by atoms with Crippen molar-refractivity contribution in [2.45, 2.75) is 39.2 Å². The van der Waals surface area contributed by atoms with Crippen molar-refractivity contribution in [3.63, 3.8) is 0 Å². The molecule has 6 nitrogen and oxygen atoms in total. The molecule has 34 heavy (non-hydrogen) atoms. The Bertz CT molecular complexity index is 1380. The Morgan fingerprint density at radius 3 is 2.68 bits per heavy atom. The molecule has 0 saturated heterocycles. The first kappa shape index (κ1) is 22.3. The fraction of sp³-hybridized carbons (Fsp3) is 0.308. The van der Waals surface area contributed by atoms with Gasteiger partial charge >= 0.3 is 0 Å². The lowest BCUT2D eigenvalue weighted by Gasteiger charge is -2.27. The van der Waals surface area contributed by atoms with E-state index in [-0.39, 0.29) is 11.5 Å². The second kappa shape index (κ2) is 9.40. The van der Waals surface area contributed by atoms with Crippen LogP contribution in [0.4, 0.5) is 16.0 Å². The smallest absolute Gasteiger partial charge is 0.208 e. The first-order valence-corrected chi connectivity index (χ1v) is 11.8. The molecule has 0 unspecified atom stereocenters. The standard InChI is InChI=1S/C26H24ClFN6/c1-16-6-8-17(9-7-16)15-34-25-23(33-26(34)32-22-5-3-2-4-21(22)28)11-20(12-29)31-24(25)18-10-19(27)14-30-13-18/h2-5,10-11,13-14,16-17H,6-9,15H2,1H3,(H,32,33). The van der Waals surface area contributed by atoms with Crippen LogP contribution in [-0.4, -0.2) is 19.5 Å². The van der Waals surface area contributed by atoms with Gasteiger partial charge in [-0.05, 0) is 42.9 Å². The minimum atomic E-state index is -0.359. The van der Waals surface area contributed by atoms with Crippen molar-refractivity contribution in [1.82, 2.24) is 19.5 Å². The maximum Gasteiger partial charge on any atom is 0.208 e. The molecular formula is C26H24ClFN6. The first-order valence-electron chi connectivity index (χ1n) is 11.5. The molecule has 4 aromatic rings. The highest BCUT2D eigenvalue weighted by Gasteiger charge is 2.24. The zero-order valence-electron chi connectivity index (χ0n) is 18.8. The summed E-state index contributed by atoms with van der Waals surface area (Å²) in [6, 6.07) is 12.1. The van der Waals surface area contributed by atoms with Gasteiger partial charge in [0.25, 0.3) is 0 Å². The van der Waals surface area contributed by atoms with Crippen molar-refractivity contribution in [3.8, 4) is 17.3 Å². The summed E-state index contributed by atoms with van der Waals surface area (Å²) in [5, 5.41) is 13.3. The molecular weight excluding hydrogens is 451 g/mol. The molecule has 0 radical (unpaired) electrons. The molecule has 1 aliphatic carbocycles. The number of anilines is 2. The van der Waals surface area contributed by atoms with Gasteiger partial charge in [0, 0.05) is 30.6 Å². The molecule has 8 heteroatoms. The number of nitriles is 1. The van der Waals surface area contributed by atoms with Gasteiger partial charge < -0.3 is 9.88 Å². The molecule has 1 aliphatic rings. The monoisotopic (exact) mass is 474 g/mol. The Labute approximate surface area is 202 Å². The van der Waals surface area contributed by atoms with Crippen LogP contribution < -0.4 is 5.32 Å². The number of imidazole rings is 1. The van der Waals surface area contributed by atoms with Gasteiger partial charge in [-0.15, -0.1) is 0 Å². The van der Waals surface area contributed by atoms with Crippen LogP contribution in [0, 0.1) is 29.0 Å². The van der Waals surface area contributed by atoms with Crippen LogP contribution in [0.25, 0.3) is 22.3 Å². The lowest BCUT2D eigenvalue weighted by atomic mass is 9.83. The third-order valence-corrected chi connectivity index (χ3v) is 6.72. The molecule has 0 atom stereocenters. The van der Waals surface area contributed by atoms with Gasteiger partial charge in [0.05, 0.1) is 27.4 Å². The Hall–Kier alpha value is -3.50. The normalized spacial score (nSPS) is 18.1. The fourth-order valence-electron chi connectivity index (χ4n) is 4.68. The number of rotatable bonds is 5. The van der Waals surface area contributed by atoms with Crippen LogP contribution in [0.3, 0.4) is 0 Å². The maximum atomic E-state index is 14.5. The molecule has 1 saturated carbocycles. The Kier molecular flexibility index (Phi) is 6.16. The van der Waals surface area contributed by atoms with E-state index >= 15 is 0 Å². The van der Waals surface area contributed by atoms with E-state index in [2.05, 4.69) is 32.8 Å². The van der Waals surface area contributed by atoms with Gasteiger partial charge in [-0.1, -0.05) is 43.5 Å². The second-order valence-corrected chi connectivity index (χ2v) is 9.44. The van der Waals surface area contributed by atoms with E-state index in [1.165, 1.54) is 18.9 Å². The summed E-state index contributed by atoms with van der Waals surface area (Å²) in [5.41, 5.74) is 3.27. The average molecular weight is 475 g/mol. The van der Waals surface area contributed by atoms with Gasteiger partial charge in [0.2, 0.25) is 5.95 Å². The summed E-state index contributed by atoms with van der Waals surface area (Å²) in [7, 11) is 0. The van der Waals surface area contributed by atoms with Gasteiger partial charge in [0.15, 0.2) is 0 Å².